The molecular weight excluding hydrogens is 405 g/mol. The van der Waals surface area contributed by atoms with Crippen molar-refractivity contribution in [3.8, 4) is 0 Å². The summed E-state index contributed by atoms with van der Waals surface area (Å²) in [6, 6.07) is 6.52. The molecule has 0 radical (unpaired) electrons. The molecule has 1 aliphatic heterocycles. The van der Waals surface area contributed by atoms with E-state index in [0.29, 0.717) is 51.4 Å². The summed E-state index contributed by atoms with van der Waals surface area (Å²) in [6.07, 6.45) is 0.938. The molecule has 30 heavy (non-hydrogen) atoms. The highest BCUT2D eigenvalue weighted by Crippen LogP contribution is 2.22. The zero-order chi connectivity index (χ0) is 21.7. The van der Waals surface area contributed by atoms with Crippen LogP contribution in [0.2, 0.25) is 0 Å². The Bertz CT molecular complexity index is 863. The Labute approximate surface area is 180 Å². The highest BCUT2D eigenvalue weighted by molar-refractivity contribution is 7.09. The third-order valence-electron chi connectivity index (χ3n) is 5.25. The van der Waals surface area contributed by atoms with E-state index in [1.165, 1.54) is 23.7 Å². The Morgan fingerprint density at radius 1 is 1.13 bits per heavy atom. The zero-order valence-corrected chi connectivity index (χ0v) is 18.5. The lowest BCUT2D eigenvalue weighted by Gasteiger charge is -2.35. The van der Waals surface area contributed by atoms with Crippen molar-refractivity contribution >= 4 is 28.5 Å². The zero-order valence-electron chi connectivity index (χ0n) is 17.7. The van der Waals surface area contributed by atoms with E-state index in [2.05, 4.69) is 28.1 Å². The summed E-state index contributed by atoms with van der Waals surface area (Å²) in [5.74, 6) is 0.587. The topological polar surface area (TPSA) is 69.6 Å². The molecule has 1 aromatic carbocycles. The van der Waals surface area contributed by atoms with Gasteiger partial charge in [-0.2, -0.15) is 4.37 Å². The molecule has 1 saturated heterocycles. The largest absolute Gasteiger partial charge is 0.344 e. The maximum Gasteiger partial charge on any atom is 0.224 e. The highest BCUT2D eigenvalue weighted by Gasteiger charge is 2.24. The van der Waals surface area contributed by atoms with E-state index < -0.39 is 0 Å². The summed E-state index contributed by atoms with van der Waals surface area (Å²) in [5.41, 5.74) is 0.955. The maximum absolute atomic E-state index is 13.1. The second-order valence-electron chi connectivity index (χ2n) is 7.72. The number of rotatable bonds is 7. The van der Waals surface area contributed by atoms with Crippen LogP contribution in [0.15, 0.2) is 24.3 Å². The van der Waals surface area contributed by atoms with E-state index in [9.17, 15) is 14.0 Å². The summed E-state index contributed by atoms with van der Waals surface area (Å²) in [5, 5.41) is 0.788. The van der Waals surface area contributed by atoms with Crippen LogP contribution in [0.4, 0.5) is 9.52 Å². The second kappa shape index (κ2) is 9.97. The quantitative estimate of drug-likeness (QED) is 0.671. The van der Waals surface area contributed by atoms with Gasteiger partial charge in [0, 0.05) is 70.1 Å². The first kappa shape index (κ1) is 22.1. The number of nitrogens with zero attached hydrogens (tertiary/aromatic N) is 5. The molecule has 0 saturated carbocycles. The van der Waals surface area contributed by atoms with Crippen LogP contribution in [0.5, 0.6) is 0 Å². The molecule has 1 aliphatic rings. The normalized spacial score (nSPS) is 14.3. The number of anilines is 1. The molecular formula is C21H28FN5O2S. The minimum absolute atomic E-state index is 0.0563. The molecule has 9 heteroatoms. The van der Waals surface area contributed by atoms with Crippen LogP contribution in [-0.4, -0.2) is 69.7 Å². The third-order valence-corrected chi connectivity index (χ3v) is 6.04. The van der Waals surface area contributed by atoms with Gasteiger partial charge in [0.2, 0.25) is 16.9 Å². The van der Waals surface area contributed by atoms with Crippen molar-refractivity contribution in [3.05, 3.63) is 41.5 Å². The second-order valence-corrected chi connectivity index (χ2v) is 8.45. The molecule has 162 valence electrons. The Kier molecular flexibility index (Phi) is 7.36. The Morgan fingerprint density at radius 2 is 1.77 bits per heavy atom. The summed E-state index contributed by atoms with van der Waals surface area (Å²) < 4.78 is 17.5. The first-order valence-electron chi connectivity index (χ1n) is 10.2. The lowest BCUT2D eigenvalue weighted by atomic mass is 10.1. The predicted molar refractivity (Wildman–Crippen MR) is 115 cm³/mol. The fourth-order valence-corrected chi connectivity index (χ4v) is 4.28. The van der Waals surface area contributed by atoms with Crippen LogP contribution >= 0.6 is 11.5 Å². The summed E-state index contributed by atoms with van der Waals surface area (Å²) in [4.78, 5) is 34.4. The molecule has 1 aromatic heterocycles. The van der Waals surface area contributed by atoms with Gasteiger partial charge in [-0.1, -0.05) is 12.1 Å². The number of carbonyl (C=O) groups excluding carboxylic acids is 2. The monoisotopic (exact) mass is 433 g/mol. The number of aromatic nitrogens is 2. The molecule has 0 unspecified atom stereocenters. The Morgan fingerprint density at radius 3 is 2.37 bits per heavy atom. The van der Waals surface area contributed by atoms with E-state index in [0.717, 1.165) is 10.7 Å². The molecule has 7 nitrogen and oxygen atoms in total. The molecule has 3 rings (SSSR count). The van der Waals surface area contributed by atoms with Crippen LogP contribution in [-0.2, 0) is 16.0 Å². The first-order chi connectivity index (χ1) is 14.3. The van der Waals surface area contributed by atoms with Crippen LogP contribution < -0.4 is 4.90 Å². The summed E-state index contributed by atoms with van der Waals surface area (Å²) in [7, 11) is 0. The predicted octanol–water partition coefficient (Wildman–Crippen LogP) is 2.56. The molecule has 0 spiro atoms. The average molecular weight is 434 g/mol. The smallest absolute Gasteiger partial charge is 0.224 e. The van der Waals surface area contributed by atoms with Crippen molar-refractivity contribution < 1.29 is 14.0 Å². The van der Waals surface area contributed by atoms with Gasteiger partial charge in [-0.25, -0.2) is 9.37 Å². The first-order valence-corrected chi connectivity index (χ1v) is 11.0. The Hall–Kier alpha value is -2.55. The number of piperazine rings is 1. The van der Waals surface area contributed by atoms with Crippen LogP contribution in [0.1, 0.15) is 38.6 Å². The molecule has 0 atom stereocenters. The van der Waals surface area contributed by atoms with Crippen molar-refractivity contribution in [2.75, 3.05) is 37.6 Å². The third kappa shape index (κ3) is 5.75. The van der Waals surface area contributed by atoms with Crippen molar-refractivity contribution in [2.24, 2.45) is 0 Å². The lowest BCUT2D eigenvalue weighted by Crippen LogP contribution is -2.50. The van der Waals surface area contributed by atoms with Crippen molar-refractivity contribution in [3.63, 3.8) is 0 Å². The number of halogens is 1. The molecule has 0 bridgehead atoms. The average Bonchev–Trinajstić information content (AvgIpc) is 3.17. The lowest BCUT2D eigenvalue weighted by molar-refractivity contribution is -0.138. The standard InChI is InChI=1S/C21H28FN5O2S/c1-15(2)27(9-8-20(29)26-12-10-25(11-13-26)16(3)28)21-23-19(24-30-21)14-17-4-6-18(22)7-5-17/h4-7,15H,8-14H2,1-3H3. The molecule has 0 N–H and O–H groups in total. The Balaban J connectivity index is 1.56. The maximum atomic E-state index is 13.1. The van der Waals surface area contributed by atoms with E-state index in [4.69, 9.17) is 0 Å². The van der Waals surface area contributed by atoms with Gasteiger partial charge in [0.05, 0.1) is 0 Å². The highest BCUT2D eigenvalue weighted by atomic mass is 32.1. The summed E-state index contributed by atoms with van der Waals surface area (Å²) >= 11 is 1.32. The van der Waals surface area contributed by atoms with E-state index in [1.807, 2.05) is 4.90 Å². The van der Waals surface area contributed by atoms with Crippen LogP contribution in [0, 0.1) is 5.82 Å². The van der Waals surface area contributed by atoms with Gasteiger partial charge in [0.15, 0.2) is 0 Å². The van der Waals surface area contributed by atoms with Gasteiger partial charge < -0.3 is 14.7 Å². The van der Waals surface area contributed by atoms with Gasteiger partial charge in [-0.3, -0.25) is 9.59 Å². The van der Waals surface area contributed by atoms with Crippen molar-refractivity contribution in [2.45, 2.75) is 39.7 Å². The van der Waals surface area contributed by atoms with Crippen LogP contribution in [0.25, 0.3) is 0 Å². The van der Waals surface area contributed by atoms with Crippen molar-refractivity contribution in [1.29, 1.82) is 0 Å². The van der Waals surface area contributed by atoms with Crippen molar-refractivity contribution in [1.82, 2.24) is 19.2 Å². The fourth-order valence-electron chi connectivity index (χ4n) is 3.44. The number of hydrogen-bond acceptors (Lipinski definition) is 6. The number of amides is 2. The van der Waals surface area contributed by atoms with E-state index in [1.54, 1.807) is 24.0 Å². The number of benzene rings is 1. The van der Waals surface area contributed by atoms with Gasteiger partial charge >= 0.3 is 0 Å². The number of hydrogen-bond donors (Lipinski definition) is 0. The molecule has 2 amide bonds. The van der Waals surface area contributed by atoms with Gasteiger partial charge in [0.25, 0.3) is 0 Å². The molecule has 2 aromatic rings. The van der Waals surface area contributed by atoms with E-state index >= 15 is 0 Å². The van der Waals surface area contributed by atoms with Gasteiger partial charge in [-0.15, -0.1) is 0 Å². The summed E-state index contributed by atoms with van der Waals surface area (Å²) in [6.45, 7) is 8.62. The van der Waals surface area contributed by atoms with Gasteiger partial charge in [-0.05, 0) is 31.5 Å². The SMILES string of the molecule is CC(=O)N1CCN(C(=O)CCN(c2nc(Cc3ccc(F)cc3)ns2)C(C)C)CC1. The van der Waals surface area contributed by atoms with E-state index in [-0.39, 0.29) is 23.7 Å². The van der Waals surface area contributed by atoms with Crippen LogP contribution in [0.3, 0.4) is 0 Å². The number of carbonyl (C=O) groups is 2. The fraction of sp³-hybridized carbons (Fsp3) is 0.524. The minimum Gasteiger partial charge on any atom is -0.344 e. The molecule has 0 aliphatic carbocycles. The molecule has 2 heterocycles. The van der Waals surface area contributed by atoms with Gasteiger partial charge in [0.1, 0.15) is 11.6 Å². The minimum atomic E-state index is -0.260. The molecule has 1 fully saturated rings.